The van der Waals surface area contributed by atoms with Crippen molar-refractivity contribution in [3.8, 4) is 11.1 Å². The summed E-state index contributed by atoms with van der Waals surface area (Å²) in [6, 6.07) is 17.5. The molecule has 0 spiro atoms. The quantitative estimate of drug-likeness (QED) is 0.737. The van der Waals surface area contributed by atoms with Crippen LogP contribution in [-0.4, -0.2) is 33.7 Å². The number of carbonyl (C=O) groups excluding carboxylic acids is 1. The molecule has 0 saturated carbocycles. The van der Waals surface area contributed by atoms with E-state index in [-0.39, 0.29) is 18.3 Å². The van der Waals surface area contributed by atoms with Gasteiger partial charge in [-0.3, -0.25) is 5.32 Å². The number of amides is 1. The third kappa shape index (κ3) is 3.22. The molecule has 1 aromatic heterocycles. The Bertz CT molecular complexity index is 989. The van der Waals surface area contributed by atoms with Gasteiger partial charge in [-0.05, 0) is 28.3 Å². The third-order valence-electron chi connectivity index (χ3n) is 4.42. The minimum absolute atomic E-state index is 0.0527. The molecule has 0 unspecified atom stereocenters. The van der Waals surface area contributed by atoms with Crippen LogP contribution in [0.4, 0.5) is 10.6 Å². The van der Waals surface area contributed by atoms with Gasteiger partial charge in [-0.2, -0.15) is 0 Å². The number of rotatable bonds is 4. The van der Waals surface area contributed by atoms with E-state index in [1.54, 1.807) is 0 Å². The summed E-state index contributed by atoms with van der Waals surface area (Å²) >= 11 is 0. The Morgan fingerprint density at radius 2 is 1.63 bits per heavy atom. The summed E-state index contributed by atoms with van der Waals surface area (Å²) in [4.78, 5) is 30.4. The molecule has 0 atom stereocenters. The van der Waals surface area contributed by atoms with Crippen molar-refractivity contribution >= 4 is 17.9 Å². The second-order valence-electron chi connectivity index (χ2n) is 6.02. The molecular formula is C20H15N3O4. The molecule has 1 aliphatic rings. The molecule has 0 saturated heterocycles. The van der Waals surface area contributed by atoms with E-state index < -0.39 is 17.9 Å². The van der Waals surface area contributed by atoms with Gasteiger partial charge >= 0.3 is 12.1 Å². The van der Waals surface area contributed by atoms with Crippen LogP contribution in [0.5, 0.6) is 0 Å². The number of nitrogens with zero attached hydrogens (tertiary/aromatic N) is 2. The first-order valence-corrected chi connectivity index (χ1v) is 8.32. The molecule has 3 aromatic rings. The van der Waals surface area contributed by atoms with Crippen molar-refractivity contribution in [3.63, 3.8) is 0 Å². The first-order valence-electron chi connectivity index (χ1n) is 8.32. The summed E-state index contributed by atoms with van der Waals surface area (Å²) in [5.41, 5.74) is 4.51. The number of nitrogens with one attached hydrogen (secondary N) is 1. The number of hydrogen-bond acceptors (Lipinski definition) is 5. The first kappa shape index (κ1) is 16.7. The van der Waals surface area contributed by atoms with Gasteiger partial charge in [0.05, 0.1) is 0 Å². The molecule has 7 nitrogen and oxygen atoms in total. The maximum atomic E-state index is 12.1. The fraction of sp³-hybridized carbons (Fsp3) is 0.100. The van der Waals surface area contributed by atoms with Crippen LogP contribution in [0.2, 0.25) is 0 Å². The van der Waals surface area contributed by atoms with E-state index in [9.17, 15) is 9.59 Å². The summed E-state index contributed by atoms with van der Waals surface area (Å²) in [5.74, 6) is -1.65. The highest BCUT2D eigenvalue weighted by molar-refractivity contribution is 5.86. The second-order valence-corrected chi connectivity index (χ2v) is 6.02. The molecule has 1 heterocycles. The molecule has 2 aromatic carbocycles. The number of ether oxygens (including phenoxy) is 1. The largest absolute Gasteiger partial charge is 0.475 e. The van der Waals surface area contributed by atoms with E-state index in [0.717, 1.165) is 22.3 Å². The molecule has 0 bridgehead atoms. The summed E-state index contributed by atoms with van der Waals surface area (Å²) in [7, 11) is 0. The monoisotopic (exact) mass is 361 g/mol. The van der Waals surface area contributed by atoms with Crippen molar-refractivity contribution in [2.75, 3.05) is 11.9 Å². The molecule has 0 aliphatic heterocycles. The number of anilines is 1. The van der Waals surface area contributed by atoms with Crippen LogP contribution >= 0.6 is 0 Å². The average molecular weight is 361 g/mol. The number of benzene rings is 2. The van der Waals surface area contributed by atoms with E-state index in [0.29, 0.717) is 0 Å². The van der Waals surface area contributed by atoms with Gasteiger partial charge in [0.25, 0.3) is 0 Å². The Hall–Kier alpha value is -3.74. The van der Waals surface area contributed by atoms with E-state index in [2.05, 4.69) is 27.4 Å². The van der Waals surface area contributed by atoms with Gasteiger partial charge in [0.1, 0.15) is 12.4 Å². The van der Waals surface area contributed by atoms with Crippen molar-refractivity contribution in [1.82, 2.24) is 9.97 Å². The van der Waals surface area contributed by atoms with E-state index in [4.69, 9.17) is 9.84 Å². The highest BCUT2D eigenvalue weighted by atomic mass is 16.5. The molecule has 0 fully saturated rings. The van der Waals surface area contributed by atoms with Crippen LogP contribution in [-0.2, 0) is 4.74 Å². The molecule has 27 heavy (non-hydrogen) atoms. The highest BCUT2D eigenvalue weighted by Gasteiger charge is 2.29. The molecule has 1 aliphatic carbocycles. The molecule has 134 valence electrons. The van der Waals surface area contributed by atoms with Gasteiger partial charge in [-0.25, -0.2) is 19.6 Å². The van der Waals surface area contributed by atoms with E-state index in [1.165, 1.54) is 12.3 Å². The molecule has 7 heteroatoms. The number of carboxylic acid groups (broad SMARTS) is 1. The molecular weight excluding hydrogens is 346 g/mol. The number of hydrogen-bond donors (Lipinski definition) is 2. The Morgan fingerprint density at radius 1 is 1.00 bits per heavy atom. The third-order valence-corrected chi connectivity index (χ3v) is 4.42. The second kappa shape index (κ2) is 6.87. The Morgan fingerprint density at radius 3 is 2.26 bits per heavy atom. The summed E-state index contributed by atoms with van der Waals surface area (Å²) in [5, 5.41) is 11.3. The lowest BCUT2D eigenvalue weighted by atomic mass is 9.98. The molecule has 4 rings (SSSR count). The Labute approximate surface area is 154 Å². The Kier molecular flexibility index (Phi) is 4.25. The smallest absolute Gasteiger partial charge is 0.412 e. The lowest BCUT2D eigenvalue weighted by molar-refractivity contribution is 0.0683. The zero-order chi connectivity index (χ0) is 18.8. The summed E-state index contributed by atoms with van der Waals surface area (Å²) < 4.78 is 5.39. The minimum Gasteiger partial charge on any atom is -0.475 e. The maximum absolute atomic E-state index is 12.1. The predicted octanol–water partition coefficient (Wildman–Crippen LogP) is 3.54. The minimum atomic E-state index is -1.27. The van der Waals surface area contributed by atoms with Crippen molar-refractivity contribution in [3.05, 3.63) is 77.7 Å². The number of aromatic nitrogens is 2. The number of aromatic carboxylic acids is 1. The molecule has 2 N–H and O–H groups in total. The molecule has 1 amide bonds. The lowest BCUT2D eigenvalue weighted by Crippen LogP contribution is -2.19. The van der Waals surface area contributed by atoms with E-state index in [1.807, 2.05) is 36.4 Å². The number of carbonyl (C=O) groups is 2. The standard InChI is InChI=1S/C20H15N3O4/c24-19(25)18-21-10-9-17(22-18)23-20(26)27-11-16-14-7-3-1-5-12(14)13-6-2-4-8-15(13)16/h1-10,16H,11H2,(H,24,25)(H,21,22,23,26). The topological polar surface area (TPSA) is 101 Å². The summed E-state index contributed by atoms with van der Waals surface area (Å²) in [6.07, 6.45) is 0.558. The zero-order valence-corrected chi connectivity index (χ0v) is 14.1. The molecule has 0 radical (unpaired) electrons. The van der Waals surface area contributed by atoms with Crippen LogP contribution in [0.3, 0.4) is 0 Å². The van der Waals surface area contributed by atoms with Gasteiger partial charge in [0.15, 0.2) is 0 Å². The van der Waals surface area contributed by atoms with Gasteiger partial charge in [0, 0.05) is 12.1 Å². The summed E-state index contributed by atoms with van der Waals surface area (Å²) in [6.45, 7) is 0.163. The first-order chi connectivity index (χ1) is 13.1. The van der Waals surface area contributed by atoms with Gasteiger partial charge in [-0.15, -0.1) is 0 Å². The van der Waals surface area contributed by atoms with Crippen LogP contribution in [0.15, 0.2) is 60.8 Å². The van der Waals surface area contributed by atoms with Crippen molar-refractivity contribution in [2.45, 2.75) is 5.92 Å². The van der Waals surface area contributed by atoms with Gasteiger partial charge < -0.3 is 9.84 Å². The normalized spacial score (nSPS) is 12.1. The van der Waals surface area contributed by atoms with Crippen molar-refractivity contribution in [1.29, 1.82) is 0 Å². The number of carboxylic acids is 1. The van der Waals surface area contributed by atoms with Crippen molar-refractivity contribution in [2.24, 2.45) is 0 Å². The lowest BCUT2D eigenvalue weighted by Gasteiger charge is -2.14. The zero-order valence-electron chi connectivity index (χ0n) is 14.1. The highest BCUT2D eigenvalue weighted by Crippen LogP contribution is 2.44. The van der Waals surface area contributed by atoms with Gasteiger partial charge in [-0.1, -0.05) is 48.5 Å². The van der Waals surface area contributed by atoms with Crippen molar-refractivity contribution < 1.29 is 19.4 Å². The van der Waals surface area contributed by atoms with Gasteiger partial charge in [0.2, 0.25) is 5.82 Å². The maximum Gasteiger partial charge on any atom is 0.412 e. The van der Waals surface area contributed by atoms with Crippen LogP contribution in [0, 0.1) is 0 Å². The fourth-order valence-electron chi connectivity index (χ4n) is 3.27. The average Bonchev–Trinajstić information content (AvgIpc) is 3.00. The Balaban J connectivity index is 1.48. The van der Waals surface area contributed by atoms with Crippen LogP contribution < -0.4 is 5.32 Å². The predicted molar refractivity (Wildman–Crippen MR) is 97.7 cm³/mol. The number of fused-ring (bicyclic) bond motifs is 3. The van der Waals surface area contributed by atoms with Crippen LogP contribution in [0.25, 0.3) is 11.1 Å². The SMILES string of the molecule is O=C(Nc1ccnc(C(=O)O)n1)OCC1c2ccccc2-c2ccccc21. The van der Waals surface area contributed by atoms with E-state index >= 15 is 0 Å². The fourth-order valence-corrected chi connectivity index (χ4v) is 3.27. The van der Waals surface area contributed by atoms with Crippen LogP contribution in [0.1, 0.15) is 27.7 Å².